The van der Waals surface area contributed by atoms with E-state index in [2.05, 4.69) is 20.9 Å². The maximum Gasteiger partial charge on any atom is 0.251 e. The van der Waals surface area contributed by atoms with Gasteiger partial charge in [0.1, 0.15) is 17.5 Å². The lowest BCUT2D eigenvalue weighted by Gasteiger charge is -2.21. The largest absolute Gasteiger partial charge is 0.458 e. The highest BCUT2D eigenvalue weighted by atomic mass is 32.1. The van der Waals surface area contributed by atoms with Crippen LogP contribution in [0.25, 0.3) is 11.5 Å². The molecular weight excluding hydrogens is 428 g/mol. The van der Waals surface area contributed by atoms with Gasteiger partial charge in [-0.1, -0.05) is 31.5 Å². The number of aromatic nitrogens is 1. The molecule has 1 aromatic carbocycles. The van der Waals surface area contributed by atoms with E-state index < -0.39 is 6.04 Å². The average molecular weight is 455 g/mol. The van der Waals surface area contributed by atoms with Gasteiger partial charge < -0.3 is 20.4 Å². The summed E-state index contributed by atoms with van der Waals surface area (Å²) in [5, 5.41) is 10.4. The van der Waals surface area contributed by atoms with Gasteiger partial charge in [0.25, 0.3) is 5.91 Å². The number of hydrogen-bond donors (Lipinski definition) is 3. The van der Waals surface area contributed by atoms with E-state index in [4.69, 9.17) is 4.42 Å². The Morgan fingerprint density at radius 2 is 1.81 bits per heavy atom. The molecule has 9 heteroatoms. The molecule has 0 spiro atoms. The van der Waals surface area contributed by atoms with E-state index >= 15 is 0 Å². The molecule has 0 radical (unpaired) electrons. The van der Waals surface area contributed by atoms with E-state index in [1.54, 1.807) is 29.6 Å². The molecule has 1 atom stereocenters. The zero-order valence-corrected chi connectivity index (χ0v) is 19.2. The van der Waals surface area contributed by atoms with Crippen LogP contribution in [0.1, 0.15) is 42.5 Å². The highest BCUT2D eigenvalue weighted by Gasteiger charge is 2.25. The van der Waals surface area contributed by atoms with Crippen molar-refractivity contribution in [2.45, 2.75) is 40.3 Å². The number of anilines is 1. The number of carbonyl (C=O) groups excluding carboxylic acids is 3. The van der Waals surface area contributed by atoms with Crippen molar-refractivity contribution in [2.24, 2.45) is 5.92 Å². The number of rotatable bonds is 8. The lowest BCUT2D eigenvalue weighted by Crippen LogP contribution is -2.47. The number of benzene rings is 1. The molecule has 32 heavy (non-hydrogen) atoms. The number of furan rings is 1. The van der Waals surface area contributed by atoms with Crippen molar-refractivity contribution >= 4 is 34.2 Å². The quantitative estimate of drug-likeness (QED) is 0.480. The number of amides is 3. The molecule has 0 aliphatic carbocycles. The second-order valence-corrected chi connectivity index (χ2v) is 8.62. The van der Waals surface area contributed by atoms with Gasteiger partial charge in [-0.2, -0.15) is 0 Å². The number of nitrogens with zero attached hydrogens (tertiary/aromatic N) is 1. The summed E-state index contributed by atoms with van der Waals surface area (Å²) in [6.45, 7) is 7.41. The molecule has 8 nitrogen and oxygen atoms in total. The number of carbonyl (C=O) groups is 3. The lowest BCUT2D eigenvalue weighted by molar-refractivity contribution is -0.119. The second kappa shape index (κ2) is 10.2. The van der Waals surface area contributed by atoms with E-state index in [1.807, 2.05) is 32.9 Å². The summed E-state index contributed by atoms with van der Waals surface area (Å²) in [5.74, 6) is 0.233. The molecule has 3 amide bonds. The second-order valence-electron chi connectivity index (χ2n) is 7.76. The molecule has 0 fully saturated rings. The van der Waals surface area contributed by atoms with Crippen molar-refractivity contribution in [2.75, 3.05) is 5.32 Å². The molecule has 2 heterocycles. The highest BCUT2D eigenvalue weighted by molar-refractivity contribution is 7.14. The van der Waals surface area contributed by atoms with Gasteiger partial charge in [-0.3, -0.25) is 14.4 Å². The first-order valence-corrected chi connectivity index (χ1v) is 11.1. The van der Waals surface area contributed by atoms with E-state index in [-0.39, 0.29) is 23.6 Å². The first-order valence-electron chi connectivity index (χ1n) is 10.2. The van der Waals surface area contributed by atoms with Gasteiger partial charge in [0, 0.05) is 17.9 Å². The first kappa shape index (κ1) is 23.2. The summed E-state index contributed by atoms with van der Waals surface area (Å²) in [4.78, 5) is 40.9. The van der Waals surface area contributed by atoms with Crippen LogP contribution >= 0.6 is 11.3 Å². The van der Waals surface area contributed by atoms with Crippen LogP contribution in [0, 0.1) is 12.8 Å². The zero-order valence-electron chi connectivity index (χ0n) is 18.4. The Balaban J connectivity index is 1.64. The molecule has 0 aliphatic rings. The van der Waals surface area contributed by atoms with Crippen LogP contribution in [0.2, 0.25) is 0 Å². The smallest absolute Gasteiger partial charge is 0.251 e. The van der Waals surface area contributed by atoms with Crippen LogP contribution < -0.4 is 16.0 Å². The van der Waals surface area contributed by atoms with Gasteiger partial charge in [-0.25, -0.2) is 4.98 Å². The van der Waals surface area contributed by atoms with Crippen molar-refractivity contribution in [3.63, 3.8) is 0 Å². The van der Waals surface area contributed by atoms with Gasteiger partial charge in [0.2, 0.25) is 11.8 Å². The standard InChI is InChI=1S/C23H26N4O4S/c1-13(2)20(26-21(29)16-7-5-14(3)6-8-16)22(30)27-23-25-18(12-32-23)19-10-9-17(31-19)11-24-15(4)28/h5-10,12-13,20H,11H2,1-4H3,(H,24,28)(H,26,29)(H,25,27,30)/t20-/m0/s1. The van der Waals surface area contributed by atoms with Crippen molar-refractivity contribution < 1.29 is 18.8 Å². The summed E-state index contributed by atoms with van der Waals surface area (Å²) in [7, 11) is 0. The molecular formula is C23H26N4O4S. The lowest BCUT2D eigenvalue weighted by atomic mass is 10.0. The third-order valence-corrected chi connectivity index (χ3v) is 5.47. The predicted octanol–water partition coefficient (Wildman–Crippen LogP) is 3.74. The molecule has 168 valence electrons. The van der Waals surface area contributed by atoms with Crippen LogP contribution in [0.5, 0.6) is 0 Å². The third kappa shape index (κ3) is 6.04. The molecule has 0 saturated carbocycles. The molecule has 0 saturated heterocycles. The fourth-order valence-corrected chi connectivity index (χ4v) is 3.62. The monoisotopic (exact) mass is 454 g/mol. The zero-order chi connectivity index (χ0) is 23.3. The Morgan fingerprint density at radius 1 is 1.09 bits per heavy atom. The van der Waals surface area contributed by atoms with Crippen LogP contribution in [-0.2, 0) is 16.1 Å². The van der Waals surface area contributed by atoms with Gasteiger partial charge in [0.15, 0.2) is 10.9 Å². The summed E-state index contributed by atoms with van der Waals surface area (Å²) in [6.07, 6.45) is 0. The van der Waals surface area contributed by atoms with Crippen molar-refractivity contribution in [1.82, 2.24) is 15.6 Å². The maximum atomic E-state index is 12.9. The van der Waals surface area contributed by atoms with E-state index in [0.29, 0.717) is 34.5 Å². The number of thiazole rings is 1. The van der Waals surface area contributed by atoms with E-state index in [1.165, 1.54) is 18.3 Å². The molecule has 3 N–H and O–H groups in total. The molecule has 0 aliphatic heterocycles. The minimum absolute atomic E-state index is 0.120. The maximum absolute atomic E-state index is 12.9. The Hall–Kier alpha value is -3.46. The summed E-state index contributed by atoms with van der Waals surface area (Å²) in [5.41, 5.74) is 2.13. The fraction of sp³-hybridized carbons (Fsp3) is 0.304. The number of hydrogen-bond acceptors (Lipinski definition) is 6. The fourth-order valence-electron chi connectivity index (χ4n) is 2.91. The molecule has 3 rings (SSSR count). The molecule has 0 bridgehead atoms. The molecule has 0 unspecified atom stereocenters. The van der Waals surface area contributed by atoms with Crippen LogP contribution in [-0.4, -0.2) is 28.7 Å². The summed E-state index contributed by atoms with van der Waals surface area (Å²) < 4.78 is 5.69. The van der Waals surface area contributed by atoms with Crippen LogP contribution in [0.4, 0.5) is 5.13 Å². The minimum Gasteiger partial charge on any atom is -0.458 e. The van der Waals surface area contributed by atoms with Gasteiger partial charge >= 0.3 is 0 Å². The first-order chi connectivity index (χ1) is 15.2. The number of aryl methyl sites for hydroxylation is 1. The third-order valence-electron chi connectivity index (χ3n) is 4.71. The van der Waals surface area contributed by atoms with Gasteiger partial charge in [-0.05, 0) is 37.1 Å². The average Bonchev–Trinajstić information content (AvgIpc) is 3.40. The Bertz CT molecular complexity index is 1100. The van der Waals surface area contributed by atoms with Crippen molar-refractivity contribution in [1.29, 1.82) is 0 Å². The minimum atomic E-state index is -0.718. The predicted molar refractivity (Wildman–Crippen MR) is 123 cm³/mol. The molecule has 3 aromatic rings. The van der Waals surface area contributed by atoms with Crippen molar-refractivity contribution in [3.8, 4) is 11.5 Å². The van der Waals surface area contributed by atoms with E-state index in [0.717, 1.165) is 5.56 Å². The summed E-state index contributed by atoms with van der Waals surface area (Å²) in [6, 6.07) is 9.98. The van der Waals surface area contributed by atoms with Crippen LogP contribution in [0.15, 0.2) is 46.2 Å². The van der Waals surface area contributed by atoms with E-state index in [9.17, 15) is 14.4 Å². The molecule has 2 aromatic heterocycles. The van der Waals surface area contributed by atoms with Gasteiger partial charge in [-0.15, -0.1) is 11.3 Å². The van der Waals surface area contributed by atoms with Crippen LogP contribution in [0.3, 0.4) is 0 Å². The SMILES string of the molecule is CC(=O)NCc1ccc(-c2csc(NC(=O)[C@@H](NC(=O)c3ccc(C)cc3)C(C)C)n2)o1. The normalized spacial score (nSPS) is 11.8. The topological polar surface area (TPSA) is 113 Å². The van der Waals surface area contributed by atoms with Crippen molar-refractivity contribution in [3.05, 3.63) is 58.7 Å². The number of nitrogens with one attached hydrogen (secondary N) is 3. The Kier molecular flexibility index (Phi) is 7.42. The highest BCUT2D eigenvalue weighted by Crippen LogP contribution is 2.27. The summed E-state index contributed by atoms with van der Waals surface area (Å²) >= 11 is 1.26. The Labute approximate surface area is 190 Å². The Morgan fingerprint density at radius 3 is 2.47 bits per heavy atom. The van der Waals surface area contributed by atoms with Gasteiger partial charge in [0.05, 0.1) is 6.54 Å².